The van der Waals surface area contributed by atoms with Crippen LogP contribution in [0.1, 0.15) is 16.8 Å². The quantitative estimate of drug-likeness (QED) is 0.472. The maximum atomic E-state index is 13.6. The Morgan fingerprint density at radius 1 is 1.03 bits per heavy atom. The zero-order valence-electron chi connectivity index (χ0n) is 18.6. The molecule has 0 atom stereocenters. The topological polar surface area (TPSA) is 73.7 Å². The lowest BCUT2D eigenvalue weighted by atomic mass is 10.0. The van der Waals surface area contributed by atoms with Crippen molar-refractivity contribution in [3.63, 3.8) is 0 Å². The van der Waals surface area contributed by atoms with Gasteiger partial charge in [0, 0.05) is 44.4 Å². The number of ether oxygens (including phenoxy) is 2. The maximum Gasteiger partial charge on any atom is 0.310 e. The lowest BCUT2D eigenvalue weighted by Crippen LogP contribution is -2.38. The van der Waals surface area contributed by atoms with Crippen LogP contribution in [0.3, 0.4) is 0 Å². The van der Waals surface area contributed by atoms with Crippen LogP contribution in [0.25, 0.3) is 5.69 Å². The van der Waals surface area contributed by atoms with Gasteiger partial charge >= 0.3 is 5.97 Å². The number of carbonyl (C=O) groups is 1. The van der Waals surface area contributed by atoms with Crippen molar-refractivity contribution in [2.24, 2.45) is 0 Å². The molecular weight excluding hydrogens is 444 g/mol. The van der Waals surface area contributed by atoms with Gasteiger partial charge in [-0.15, -0.1) is 0 Å². The standard InChI is InChI=1S/C25H25F2N3O4/c26-20-15-21(27)17-22(16-20)30-5-4-24(31)23(28-30)13-18-2-1-3-19(12-18)14-25(32)34-11-8-29-6-9-33-10-7-29/h1-5,12,15-17H,6-11,13-14H2. The molecule has 34 heavy (non-hydrogen) atoms. The number of carbonyl (C=O) groups excluding carboxylic acids is 1. The summed E-state index contributed by atoms with van der Waals surface area (Å²) < 4.78 is 39.1. The molecule has 0 bridgehead atoms. The fourth-order valence-corrected chi connectivity index (χ4v) is 3.76. The zero-order chi connectivity index (χ0) is 23.9. The van der Waals surface area contributed by atoms with Crippen molar-refractivity contribution in [3.8, 4) is 5.69 Å². The van der Waals surface area contributed by atoms with E-state index >= 15 is 0 Å². The molecule has 9 heteroatoms. The van der Waals surface area contributed by atoms with E-state index in [1.54, 1.807) is 6.07 Å². The first-order valence-electron chi connectivity index (χ1n) is 11.1. The van der Waals surface area contributed by atoms with Gasteiger partial charge in [-0.3, -0.25) is 14.5 Å². The minimum absolute atomic E-state index is 0.117. The lowest BCUT2D eigenvalue weighted by molar-refractivity contribution is -0.143. The summed E-state index contributed by atoms with van der Waals surface area (Å²) in [6.07, 6.45) is 1.69. The summed E-state index contributed by atoms with van der Waals surface area (Å²) in [5.41, 5.74) is 1.65. The van der Waals surface area contributed by atoms with Gasteiger partial charge in [-0.1, -0.05) is 24.3 Å². The van der Waals surface area contributed by atoms with Gasteiger partial charge in [0.05, 0.1) is 25.3 Å². The molecule has 0 amide bonds. The molecule has 0 unspecified atom stereocenters. The molecule has 178 valence electrons. The molecule has 4 rings (SSSR count). The van der Waals surface area contributed by atoms with Crippen LogP contribution >= 0.6 is 0 Å². The Bertz CT molecular complexity index is 1190. The molecule has 3 aromatic rings. The third kappa shape index (κ3) is 6.55. The SMILES string of the molecule is O=C(Cc1cccc(Cc2nn(-c3cc(F)cc(F)c3)ccc2=O)c1)OCCN1CCOCC1. The van der Waals surface area contributed by atoms with Crippen LogP contribution in [0, 0.1) is 11.6 Å². The van der Waals surface area contributed by atoms with Gasteiger partial charge in [-0.25, -0.2) is 13.5 Å². The number of halogens is 2. The first-order valence-corrected chi connectivity index (χ1v) is 11.1. The molecule has 0 N–H and O–H groups in total. The van der Waals surface area contributed by atoms with E-state index in [0.29, 0.717) is 26.4 Å². The summed E-state index contributed by atoms with van der Waals surface area (Å²) in [4.78, 5) is 26.8. The van der Waals surface area contributed by atoms with Crippen LogP contribution in [-0.4, -0.2) is 60.1 Å². The van der Waals surface area contributed by atoms with Gasteiger partial charge in [-0.05, 0) is 23.3 Å². The zero-order valence-corrected chi connectivity index (χ0v) is 18.6. The van der Waals surface area contributed by atoms with Gasteiger partial charge in [0.25, 0.3) is 0 Å². The van der Waals surface area contributed by atoms with Crippen LogP contribution in [0.5, 0.6) is 0 Å². The number of rotatable bonds is 8. The highest BCUT2D eigenvalue weighted by molar-refractivity contribution is 5.72. The second-order valence-electron chi connectivity index (χ2n) is 8.05. The maximum absolute atomic E-state index is 13.6. The predicted molar refractivity (Wildman–Crippen MR) is 121 cm³/mol. The number of benzene rings is 2. The van der Waals surface area contributed by atoms with Crippen LogP contribution in [0.4, 0.5) is 8.78 Å². The van der Waals surface area contributed by atoms with E-state index in [9.17, 15) is 18.4 Å². The molecule has 1 aliphatic rings. The summed E-state index contributed by atoms with van der Waals surface area (Å²) in [5.74, 6) is -1.79. The van der Waals surface area contributed by atoms with Crippen molar-refractivity contribution in [2.45, 2.75) is 12.8 Å². The molecule has 7 nitrogen and oxygen atoms in total. The summed E-state index contributed by atoms with van der Waals surface area (Å²) in [7, 11) is 0. The first-order chi connectivity index (χ1) is 16.5. The van der Waals surface area contributed by atoms with E-state index in [1.165, 1.54) is 16.9 Å². The number of aromatic nitrogens is 2. The molecule has 2 heterocycles. The summed E-state index contributed by atoms with van der Waals surface area (Å²) in [5, 5.41) is 4.26. The second kappa shape index (κ2) is 11.1. The van der Waals surface area contributed by atoms with Crippen LogP contribution in [0.15, 0.2) is 59.5 Å². The average Bonchev–Trinajstić information content (AvgIpc) is 2.81. The van der Waals surface area contributed by atoms with Crippen molar-refractivity contribution in [2.75, 3.05) is 39.5 Å². The van der Waals surface area contributed by atoms with E-state index in [-0.39, 0.29) is 35.6 Å². The normalized spacial score (nSPS) is 14.2. The van der Waals surface area contributed by atoms with E-state index in [2.05, 4.69) is 10.00 Å². The highest BCUT2D eigenvalue weighted by Gasteiger charge is 2.12. The van der Waals surface area contributed by atoms with Crippen molar-refractivity contribution in [1.29, 1.82) is 0 Å². The lowest BCUT2D eigenvalue weighted by Gasteiger charge is -2.26. The Kier molecular flexibility index (Phi) is 7.76. The molecule has 1 saturated heterocycles. The third-order valence-electron chi connectivity index (χ3n) is 5.48. The minimum Gasteiger partial charge on any atom is -0.464 e. The molecule has 0 radical (unpaired) electrons. The largest absolute Gasteiger partial charge is 0.464 e. The highest BCUT2D eigenvalue weighted by atomic mass is 19.1. The molecule has 1 aromatic heterocycles. The van der Waals surface area contributed by atoms with E-state index in [4.69, 9.17) is 9.47 Å². The Morgan fingerprint density at radius 2 is 1.76 bits per heavy atom. The molecule has 0 saturated carbocycles. The first kappa shape index (κ1) is 23.7. The number of esters is 1. The number of morpholine rings is 1. The smallest absolute Gasteiger partial charge is 0.310 e. The fourth-order valence-electron chi connectivity index (χ4n) is 3.76. The fraction of sp³-hybridized carbons (Fsp3) is 0.320. The van der Waals surface area contributed by atoms with Crippen LogP contribution in [-0.2, 0) is 27.1 Å². The Morgan fingerprint density at radius 3 is 2.53 bits per heavy atom. The monoisotopic (exact) mass is 469 g/mol. The van der Waals surface area contributed by atoms with Crippen molar-refractivity contribution >= 4 is 5.97 Å². The van der Waals surface area contributed by atoms with Crippen molar-refractivity contribution in [1.82, 2.24) is 14.7 Å². The Labute approximate surface area is 195 Å². The summed E-state index contributed by atoms with van der Waals surface area (Å²) >= 11 is 0. The van der Waals surface area contributed by atoms with E-state index < -0.39 is 11.6 Å². The second-order valence-corrected chi connectivity index (χ2v) is 8.05. The summed E-state index contributed by atoms with van der Waals surface area (Å²) in [6.45, 7) is 4.07. The van der Waals surface area contributed by atoms with Gasteiger partial charge in [0.15, 0.2) is 0 Å². The molecular formula is C25H25F2N3O4. The molecule has 2 aromatic carbocycles. The summed E-state index contributed by atoms with van der Waals surface area (Å²) in [6, 6.07) is 11.6. The van der Waals surface area contributed by atoms with E-state index in [0.717, 1.165) is 42.4 Å². The molecule has 1 aliphatic heterocycles. The third-order valence-corrected chi connectivity index (χ3v) is 5.48. The number of hydrogen-bond donors (Lipinski definition) is 0. The highest BCUT2D eigenvalue weighted by Crippen LogP contribution is 2.13. The van der Waals surface area contributed by atoms with Gasteiger partial charge < -0.3 is 9.47 Å². The van der Waals surface area contributed by atoms with Crippen molar-refractivity contribution in [3.05, 3.63) is 93.4 Å². The van der Waals surface area contributed by atoms with Crippen molar-refractivity contribution < 1.29 is 23.0 Å². The number of nitrogens with zero attached hydrogens (tertiary/aromatic N) is 3. The average molecular weight is 469 g/mol. The van der Waals surface area contributed by atoms with Gasteiger partial charge in [0.2, 0.25) is 5.43 Å². The van der Waals surface area contributed by atoms with Gasteiger partial charge in [0.1, 0.15) is 23.9 Å². The predicted octanol–water partition coefficient (Wildman–Crippen LogP) is 2.52. The van der Waals surface area contributed by atoms with Gasteiger partial charge in [-0.2, -0.15) is 5.10 Å². The number of hydrogen-bond acceptors (Lipinski definition) is 6. The minimum atomic E-state index is -0.735. The molecule has 0 aliphatic carbocycles. The molecule has 0 spiro atoms. The van der Waals surface area contributed by atoms with Crippen LogP contribution < -0.4 is 5.43 Å². The van der Waals surface area contributed by atoms with Crippen LogP contribution in [0.2, 0.25) is 0 Å². The Hall–Kier alpha value is -3.43. The Balaban J connectivity index is 1.39. The van der Waals surface area contributed by atoms with E-state index in [1.807, 2.05) is 18.2 Å². The molecule has 1 fully saturated rings.